The minimum absolute atomic E-state index is 0.0208. The molecule has 1 heterocycles. The number of rotatable bonds is 3. The summed E-state index contributed by atoms with van der Waals surface area (Å²) in [6.45, 7) is 4.24. The summed E-state index contributed by atoms with van der Waals surface area (Å²) in [5.41, 5.74) is 0. The van der Waals surface area contributed by atoms with E-state index in [0.29, 0.717) is 18.3 Å². The lowest BCUT2D eigenvalue weighted by Gasteiger charge is -2.28. The second kappa shape index (κ2) is 5.67. The topological polar surface area (TPSA) is 38.3 Å². The van der Waals surface area contributed by atoms with Crippen LogP contribution in [0.3, 0.4) is 0 Å². The van der Waals surface area contributed by atoms with Crippen LogP contribution >= 0.6 is 0 Å². The number of nitrogens with one attached hydrogen (secondary N) is 1. The second-order valence-corrected chi connectivity index (χ2v) is 5.35. The molecule has 3 unspecified atom stereocenters. The quantitative estimate of drug-likeness (QED) is 0.748. The SMILES string of the molecule is CC1CCCCC1OC(=O)CC1CCNC1. The molecular weight excluding hydrogens is 202 g/mol. The van der Waals surface area contributed by atoms with Crippen LogP contribution in [0, 0.1) is 11.8 Å². The van der Waals surface area contributed by atoms with Gasteiger partial charge in [-0.1, -0.05) is 13.3 Å². The summed E-state index contributed by atoms with van der Waals surface area (Å²) in [5, 5.41) is 3.28. The minimum Gasteiger partial charge on any atom is -0.462 e. The first-order valence-corrected chi connectivity index (χ1v) is 6.66. The van der Waals surface area contributed by atoms with Gasteiger partial charge in [0.1, 0.15) is 6.10 Å². The fourth-order valence-electron chi connectivity index (χ4n) is 2.80. The first kappa shape index (κ1) is 11.9. The molecule has 2 aliphatic rings. The van der Waals surface area contributed by atoms with E-state index in [1.54, 1.807) is 0 Å². The number of esters is 1. The van der Waals surface area contributed by atoms with Gasteiger partial charge in [-0.3, -0.25) is 4.79 Å². The Balaban J connectivity index is 1.72. The zero-order valence-corrected chi connectivity index (χ0v) is 10.2. The molecule has 3 nitrogen and oxygen atoms in total. The van der Waals surface area contributed by atoms with Crippen molar-refractivity contribution in [2.75, 3.05) is 13.1 Å². The van der Waals surface area contributed by atoms with Gasteiger partial charge in [0.05, 0.1) is 0 Å². The summed E-state index contributed by atoms with van der Waals surface area (Å²) >= 11 is 0. The van der Waals surface area contributed by atoms with Crippen molar-refractivity contribution in [1.29, 1.82) is 0 Å². The van der Waals surface area contributed by atoms with E-state index >= 15 is 0 Å². The highest BCUT2D eigenvalue weighted by molar-refractivity contribution is 5.70. The highest BCUT2D eigenvalue weighted by Gasteiger charge is 2.26. The molecule has 3 heteroatoms. The van der Waals surface area contributed by atoms with E-state index in [0.717, 1.165) is 25.9 Å². The normalized spacial score (nSPS) is 34.9. The molecule has 0 aromatic rings. The predicted octanol–water partition coefficient (Wildman–Crippen LogP) is 2.11. The Morgan fingerprint density at radius 1 is 1.31 bits per heavy atom. The molecule has 92 valence electrons. The predicted molar refractivity (Wildman–Crippen MR) is 63.1 cm³/mol. The third-order valence-electron chi connectivity index (χ3n) is 3.93. The molecule has 1 aliphatic heterocycles. The molecule has 1 N–H and O–H groups in total. The van der Waals surface area contributed by atoms with Crippen LogP contribution in [0.4, 0.5) is 0 Å². The van der Waals surface area contributed by atoms with Gasteiger partial charge in [-0.2, -0.15) is 0 Å². The molecule has 1 aliphatic carbocycles. The Bertz CT molecular complexity index is 236. The molecule has 1 saturated carbocycles. The van der Waals surface area contributed by atoms with Gasteiger partial charge in [0.25, 0.3) is 0 Å². The van der Waals surface area contributed by atoms with Crippen molar-refractivity contribution in [1.82, 2.24) is 5.32 Å². The lowest BCUT2D eigenvalue weighted by Crippen LogP contribution is -2.29. The first-order valence-electron chi connectivity index (χ1n) is 6.66. The van der Waals surface area contributed by atoms with Gasteiger partial charge >= 0.3 is 5.97 Å². The molecule has 3 atom stereocenters. The van der Waals surface area contributed by atoms with E-state index in [2.05, 4.69) is 12.2 Å². The van der Waals surface area contributed by atoms with Crippen LogP contribution in [0.2, 0.25) is 0 Å². The molecule has 1 saturated heterocycles. The summed E-state index contributed by atoms with van der Waals surface area (Å²) in [5.74, 6) is 1.08. The Morgan fingerprint density at radius 3 is 2.81 bits per heavy atom. The van der Waals surface area contributed by atoms with Crippen molar-refractivity contribution in [3.63, 3.8) is 0 Å². The smallest absolute Gasteiger partial charge is 0.306 e. The monoisotopic (exact) mass is 225 g/mol. The van der Waals surface area contributed by atoms with E-state index in [-0.39, 0.29) is 12.1 Å². The molecule has 0 bridgehead atoms. The molecule has 0 aromatic heterocycles. The van der Waals surface area contributed by atoms with Crippen molar-refractivity contribution in [3.8, 4) is 0 Å². The van der Waals surface area contributed by atoms with Crippen LogP contribution in [0.25, 0.3) is 0 Å². The summed E-state index contributed by atoms with van der Waals surface area (Å²) < 4.78 is 5.60. The highest BCUT2D eigenvalue weighted by atomic mass is 16.5. The molecular formula is C13H23NO2. The minimum atomic E-state index is 0.0208. The number of carbonyl (C=O) groups is 1. The van der Waals surface area contributed by atoms with E-state index in [1.165, 1.54) is 19.3 Å². The maximum atomic E-state index is 11.8. The maximum Gasteiger partial charge on any atom is 0.306 e. The van der Waals surface area contributed by atoms with Crippen LogP contribution < -0.4 is 5.32 Å². The molecule has 16 heavy (non-hydrogen) atoms. The third kappa shape index (κ3) is 3.21. The Kier molecular flexibility index (Phi) is 4.22. The van der Waals surface area contributed by atoms with Gasteiger partial charge in [0.2, 0.25) is 0 Å². The number of carbonyl (C=O) groups excluding carboxylic acids is 1. The number of ether oxygens (including phenoxy) is 1. The number of hydrogen-bond acceptors (Lipinski definition) is 3. The van der Waals surface area contributed by atoms with Crippen LogP contribution in [-0.2, 0) is 9.53 Å². The Labute approximate surface area is 97.9 Å². The molecule has 0 radical (unpaired) electrons. The van der Waals surface area contributed by atoms with Gasteiger partial charge in [0, 0.05) is 6.42 Å². The van der Waals surface area contributed by atoms with E-state index < -0.39 is 0 Å². The Morgan fingerprint density at radius 2 is 2.12 bits per heavy atom. The average molecular weight is 225 g/mol. The van der Waals surface area contributed by atoms with Crippen LogP contribution in [0.1, 0.15) is 45.4 Å². The summed E-state index contributed by atoms with van der Waals surface area (Å²) in [4.78, 5) is 11.8. The summed E-state index contributed by atoms with van der Waals surface area (Å²) in [7, 11) is 0. The van der Waals surface area contributed by atoms with Crippen molar-refractivity contribution in [2.24, 2.45) is 11.8 Å². The summed E-state index contributed by atoms with van der Waals surface area (Å²) in [6, 6.07) is 0. The molecule has 0 amide bonds. The average Bonchev–Trinajstić information content (AvgIpc) is 2.74. The summed E-state index contributed by atoms with van der Waals surface area (Å²) in [6.07, 6.45) is 6.70. The maximum absolute atomic E-state index is 11.8. The van der Waals surface area contributed by atoms with Gasteiger partial charge in [-0.15, -0.1) is 0 Å². The Hall–Kier alpha value is -0.570. The van der Waals surface area contributed by atoms with Gasteiger partial charge in [-0.25, -0.2) is 0 Å². The number of hydrogen-bond donors (Lipinski definition) is 1. The molecule has 2 rings (SSSR count). The zero-order valence-electron chi connectivity index (χ0n) is 10.2. The molecule has 2 fully saturated rings. The largest absolute Gasteiger partial charge is 0.462 e. The standard InChI is InChI=1S/C13H23NO2/c1-10-4-2-3-5-12(10)16-13(15)8-11-6-7-14-9-11/h10-12,14H,2-9H2,1H3. The van der Waals surface area contributed by atoms with Crippen LogP contribution in [0.15, 0.2) is 0 Å². The van der Waals surface area contributed by atoms with Crippen molar-refractivity contribution >= 4 is 5.97 Å². The highest BCUT2D eigenvalue weighted by Crippen LogP contribution is 2.27. The van der Waals surface area contributed by atoms with Gasteiger partial charge in [0.15, 0.2) is 0 Å². The third-order valence-corrected chi connectivity index (χ3v) is 3.93. The fraction of sp³-hybridized carbons (Fsp3) is 0.923. The van der Waals surface area contributed by atoms with Crippen molar-refractivity contribution < 1.29 is 9.53 Å². The zero-order chi connectivity index (χ0) is 11.4. The van der Waals surface area contributed by atoms with Gasteiger partial charge in [-0.05, 0) is 50.6 Å². The van der Waals surface area contributed by atoms with Crippen LogP contribution in [0.5, 0.6) is 0 Å². The van der Waals surface area contributed by atoms with E-state index in [9.17, 15) is 4.79 Å². The lowest BCUT2D eigenvalue weighted by atomic mass is 9.88. The van der Waals surface area contributed by atoms with E-state index in [1.807, 2.05) is 0 Å². The van der Waals surface area contributed by atoms with E-state index in [4.69, 9.17) is 4.74 Å². The van der Waals surface area contributed by atoms with Crippen LogP contribution in [-0.4, -0.2) is 25.2 Å². The molecule has 0 spiro atoms. The first-order chi connectivity index (χ1) is 7.75. The van der Waals surface area contributed by atoms with Gasteiger partial charge < -0.3 is 10.1 Å². The van der Waals surface area contributed by atoms with Crippen molar-refractivity contribution in [3.05, 3.63) is 0 Å². The fourth-order valence-corrected chi connectivity index (χ4v) is 2.80. The van der Waals surface area contributed by atoms with Crippen molar-refractivity contribution in [2.45, 2.75) is 51.6 Å². The molecule has 0 aromatic carbocycles. The lowest BCUT2D eigenvalue weighted by molar-refractivity contribution is -0.154. The second-order valence-electron chi connectivity index (χ2n) is 5.35.